The standard InChI is InChI=1S/C40H68O5/c1-29(2)31(5,6)35(13,14)39(21,36(15,16)32(29,7)8)44-27(41)25-23-43-24-26(25)28(42)45-40(22)37(17,18)33(9,10)30(3,4)34(11,12)38(40,19)20/h23-24H,1-22H3. The van der Waals surface area contributed by atoms with Gasteiger partial charge in [-0.2, -0.15) is 0 Å². The van der Waals surface area contributed by atoms with E-state index in [0.717, 1.165) is 0 Å². The van der Waals surface area contributed by atoms with Crippen LogP contribution in [0.5, 0.6) is 0 Å². The third-order valence-corrected chi connectivity index (χ3v) is 19.0. The van der Waals surface area contributed by atoms with E-state index in [4.69, 9.17) is 13.9 Å². The Hall–Kier alpha value is -1.78. The number of carbonyl (C=O) groups excluding carboxylic acids is 2. The summed E-state index contributed by atoms with van der Waals surface area (Å²) in [6, 6.07) is 0. The number of furan rings is 1. The third-order valence-electron chi connectivity index (χ3n) is 19.0. The highest BCUT2D eigenvalue weighted by Gasteiger charge is 2.77. The van der Waals surface area contributed by atoms with Gasteiger partial charge in [-0.25, -0.2) is 9.59 Å². The summed E-state index contributed by atoms with van der Waals surface area (Å²) in [5.41, 5.74) is -4.36. The molecule has 3 rings (SSSR count). The molecule has 258 valence electrons. The van der Waals surface area contributed by atoms with E-state index in [1.807, 2.05) is 0 Å². The minimum absolute atomic E-state index is 0.0886. The number of hydrogen-bond acceptors (Lipinski definition) is 5. The van der Waals surface area contributed by atoms with Crippen molar-refractivity contribution in [2.24, 2.45) is 54.1 Å². The van der Waals surface area contributed by atoms with Crippen molar-refractivity contribution < 1.29 is 23.5 Å². The minimum Gasteiger partial charge on any atom is -0.471 e. The summed E-state index contributed by atoms with van der Waals surface area (Å²) in [4.78, 5) is 28.6. The van der Waals surface area contributed by atoms with Gasteiger partial charge in [0.25, 0.3) is 0 Å². The monoisotopic (exact) mass is 629 g/mol. The van der Waals surface area contributed by atoms with Gasteiger partial charge >= 0.3 is 11.9 Å². The average molecular weight is 629 g/mol. The number of hydrogen-bond donors (Lipinski definition) is 0. The van der Waals surface area contributed by atoms with E-state index >= 15 is 0 Å². The van der Waals surface area contributed by atoms with Crippen molar-refractivity contribution in [2.75, 3.05) is 0 Å². The molecule has 0 atom stereocenters. The van der Waals surface area contributed by atoms with Gasteiger partial charge in [-0.3, -0.25) is 0 Å². The Labute approximate surface area is 276 Å². The Bertz CT molecular complexity index is 1210. The average Bonchev–Trinajstić information content (AvgIpc) is 3.36. The van der Waals surface area contributed by atoms with Gasteiger partial charge in [0.15, 0.2) is 0 Å². The Balaban J connectivity index is 2.11. The molecule has 0 amide bonds. The zero-order chi connectivity index (χ0) is 35.8. The Morgan fingerprint density at radius 1 is 0.378 bits per heavy atom. The molecule has 2 fully saturated rings. The summed E-state index contributed by atoms with van der Waals surface area (Å²) in [5.74, 6) is -1.14. The Morgan fingerprint density at radius 3 is 0.756 bits per heavy atom. The smallest absolute Gasteiger partial charge is 0.342 e. The Morgan fingerprint density at radius 2 is 0.556 bits per heavy atom. The minimum atomic E-state index is -0.892. The summed E-state index contributed by atoms with van der Waals surface area (Å²) < 4.78 is 19.0. The maximum atomic E-state index is 14.3. The molecule has 0 aromatic carbocycles. The summed E-state index contributed by atoms with van der Waals surface area (Å²) >= 11 is 0. The molecule has 0 radical (unpaired) electrons. The van der Waals surface area contributed by atoms with Crippen LogP contribution in [0.1, 0.15) is 173 Å². The van der Waals surface area contributed by atoms with Crippen LogP contribution in [-0.2, 0) is 9.47 Å². The van der Waals surface area contributed by atoms with E-state index in [1.54, 1.807) is 0 Å². The quantitative estimate of drug-likeness (QED) is 0.310. The molecule has 0 saturated heterocycles. The molecule has 5 nitrogen and oxygen atoms in total. The normalized spacial score (nSPS) is 29.6. The van der Waals surface area contributed by atoms with Crippen molar-refractivity contribution in [1.29, 1.82) is 0 Å². The van der Waals surface area contributed by atoms with Gasteiger partial charge in [-0.05, 0) is 46.3 Å². The molecule has 1 aromatic rings. The van der Waals surface area contributed by atoms with Crippen molar-refractivity contribution in [3.8, 4) is 0 Å². The van der Waals surface area contributed by atoms with Gasteiger partial charge < -0.3 is 13.9 Å². The molecule has 0 unspecified atom stereocenters. The molecule has 0 N–H and O–H groups in total. The highest BCUT2D eigenvalue weighted by atomic mass is 16.6. The van der Waals surface area contributed by atoms with Crippen LogP contribution in [0.15, 0.2) is 16.9 Å². The summed E-state index contributed by atoms with van der Waals surface area (Å²) in [7, 11) is 0. The molecule has 2 aliphatic carbocycles. The van der Waals surface area contributed by atoms with E-state index in [-0.39, 0.29) is 43.6 Å². The lowest BCUT2D eigenvalue weighted by Crippen LogP contribution is -2.75. The number of esters is 2. The molecular weight excluding hydrogens is 560 g/mol. The zero-order valence-corrected chi connectivity index (χ0v) is 33.2. The zero-order valence-electron chi connectivity index (χ0n) is 33.2. The second-order valence-corrected chi connectivity index (χ2v) is 20.3. The van der Waals surface area contributed by atoms with Crippen molar-refractivity contribution in [3.63, 3.8) is 0 Å². The van der Waals surface area contributed by atoms with Gasteiger partial charge in [0.2, 0.25) is 0 Å². The SMILES string of the molecule is CC1(C)C(C)(C)C(C)(C)C(C)(OC(=O)c2cocc2C(=O)OC2(C)C(C)(C)C(C)(C)C(C)(C)C(C)(C)C2(C)C)C(C)(C)C1(C)C. The van der Waals surface area contributed by atoms with Crippen LogP contribution in [0.3, 0.4) is 0 Å². The molecule has 45 heavy (non-hydrogen) atoms. The summed E-state index contributed by atoms with van der Waals surface area (Å²) in [5, 5.41) is 0. The highest BCUT2D eigenvalue weighted by molar-refractivity contribution is 6.03. The molecular formula is C40H68O5. The molecule has 1 aromatic heterocycles. The van der Waals surface area contributed by atoms with Crippen LogP contribution in [0.25, 0.3) is 0 Å². The van der Waals surface area contributed by atoms with Gasteiger partial charge in [-0.1, -0.05) is 138 Å². The van der Waals surface area contributed by atoms with Crippen molar-refractivity contribution >= 4 is 11.9 Å². The first-order chi connectivity index (χ1) is 19.5. The number of ether oxygens (including phenoxy) is 2. The van der Waals surface area contributed by atoms with Crippen LogP contribution >= 0.6 is 0 Å². The molecule has 0 aliphatic heterocycles. The van der Waals surface area contributed by atoms with Gasteiger partial charge in [0.05, 0.1) is 0 Å². The maximum absolute atomic E-state index is 14.3. The van der Waals surface area contributed by atoms with Gasteiger partial charge in [0, 0.05) is 21.7 Å². The predicted molar refractivity (Wildman–Crippen MR) is 184 cm³/mol. The fraction of sp³-hybridized carbons (Fsp3) is 0.850. The maximum Gasteiger partial charge on any atom is 0.342 e. The largest absolute Gasteiger partial charge is 0.471 e. The third kappa shape index (κ3) is 3.79. The van der Waals surface area contributed by atoms with Crippen molar-refractivity contribution in [3.05, 3.63) is 23.7 Å². The first-order valence-corrected chi connectivity index (χ1v) is 17.0. The fourth-order valence-corrected chi connectivity index (χ4v) is 10.2. The molecule has 2 aliphatic rings. The van der Waals surface area contributed by atoms with Crippen LogP contribution in [0.2, 0.25) is 0 Å². The van der Waals surface area contributed by atoms with Crippen LogP contribution < -0.4 is 0 Å². The molecule has 2 saturated carbocycles. The van der Waals surface area contributed by atoms with Crippen LogP contribution in [0.4, 0.5) is 0 Å². The first kappa shape index (κ1) is 37.7. The van der Waals surface area contributed by atoms with E-state index in [1.165, 1.54) is 12.5 Å². The topological polar surface area (TPSA) is 65.7 Å². The lowest BCUT2D eigenvalue weighted by Gasteiger charge is -2.75. The van der Waals surface area contributed by atoms with E-state index in [9.17, 15) is 9.59 Å². The van der Waals surface area contributed by atoms with E-state index in [2.05, 4.69) is 152 Å². The summed E-state index contributed by atoms with van der Waals surface area (Å²) in [6.45, 7) is 49.5. The van der Waals surface area contributed by atoms with Crippen LogP contribution in [0, 0.1) is 54.1 Å². The molecule has 0 bridgehead atoms. The van der Waals surface area contributed by atoms with Crippen molar-refractivity contribution in [2.45, 2.75) is 164 Å². The number of rotatable bonds is 4. The van der Waals surface area contributed by atoms with E-state index < -0.39 is 44.8 Å². The molecule has 1 heterocycles. The van der Waals surface area contributed by atoms with Gasteiger partial charge in [0.1, 0.15) is 34.9 Å². The molecule has 5 heteroatoms. The van der Waals surface area contributed by atoms with Crippen LogP contribution in [-0.4, -0.2) is 23.1 Å². The lowest BCUT2D eigenvalue weighted by atomic mass is 9.31. The molecule has 0 spiro atoms. The fourth-order valence-electron chi connectivity index (χ4n) is 10.2. The highest BCUT2D eigenvalue weighted by Crippen LogP contribution is 2.77. The second-order valence-electron chi connectivity index (χ2n) is 20.3. The number of carbonyl (C=O) groups is 2. The predicted octanol–water partition coefficient (Wildman–Crippen LogP) is 11.4. The van der Waals surface area contributed by atoms with Crippen molar-refractivity contribution in [1.82, 2.24) is 0 Å². The van der Waals surface area contributed by atoms with Gasteiger partial charge in [-0.15, -0.1) is 0 Å². The Kier molecular flexibility index (Phi) is 7.89. The summed E-state index contributed by atoms with van der Waals surface area (Å²) in [6.07, 6.45) is 2.67. The lowest BCUT2D eigenvalue weighted by molar-refractivity contribution is -0.314. The second kappa shape index (κ2) is 9.43. The first-order valence-electron chi connectivity index (χ1n) is 17.0. The van der Waals surface area contributed by atoms with E-state index in [0.29, 0.717) is 0 Å².